The van der Waals surface area contributed by atoms with Gasteiger partial charge in [-0.1, -0.05) is 28.8 Å². The highest BCUT2D eigenvalue weighted by atomic mass is 79.9. The molecule has 2 aliphatic carbocycles. The van der Waals surface area contributed by atoms with Gasteiger partial charge in [0, 0.05) is 30.6 Å². The molecule has 0 unspecified atom stereocenters. The smallest absolute Gasteiger partial charge is 0.248 e. The van der Waals surface area contributed by atoms with Crippen LogP contribution < -0.4 is 5.32 Å². The van der Waals surface area contributed by atoms with E-state index in [9.17, 15) is 13.6 Å². The van der Waals surface area contributed by atoms with Crippen LogP contribution in [0.15, 0.2) is 0 Å². The van der Waals surface area contributed by atoms with Gasteiger partial charge in [0.15, 0.2) is 0 Å². The number of halogens is 3. The molecule has 2 aliphatic rings. The summed E-state index contributed by atoms with van der Waals surface area (Å²) in [5.41, 5.74) is 0.189. The molecule has 1 N–H and O–H groups in total. The molecule has 0 atom stereocenters. The van der Waals surface area contributed by atoms with E-state index in [-0.39, 0.29) is 30.1 Å². The van der Waals surface area contributed by atoms with Crippen molar-refractivity contribution in [3.05, 3.63) is 0 Å². The lowest BCUT2D eigenvalue weighted by Crippen LogP contribution is -2.41. The summed E-state index contributed by atoms with van der Waals surface area (Å²) in [6.45, 7) is 0.685. The first-order valence-corrected chi connectivity index (χ1v) is 8.30. The van der Waals surface area contributed by atoms with E-state index < -0.39 is 5.92 Å². The van der Waals surface area contributed by atoms with Crippen LogP contribution in [-0.2, 0) is 4.79 Å². The van der Waals surface area contributed by atoms with Gasteiger partial charge < -0.3 is 5.32 Å². The maximum absolute atomic E-state index is 13.1. The molecule has 2 fully saturated rings. The molecule has 0 aromatic carbocycles. The standard InChI is InChI=1S/C14H22BrF2NO/c15-9-13(5-1-2-6-13)10-18-12(19)11-3-7-14(16,17)8-4-11/h11H,1-10H2,(H,18,19). The number of nitrogens with one attached hydrogen (secondary N) is 1. The second-order valence-electron chi connectivity index (χ2n) is 6.19. The summed E-state index contributed by atoms with van der Waals surface area (Å²) in [7, 11) is 0. The number of rotatable bonds is 4. The molecule has 0 aliphatic heterocycles. The fourth-order valence-electron chi connectivity index (χ4n) is 3.20. The molecular formula is C14H22BrF2NO. The van der Waals surface area contributed by atoms with Crippen LogP contribution in [0.3, 0.4) is 0 Å². The number of hydrogen-bond acceptors (Lipinski definition) is 1. The van der Waals surface area contributed by atoms with Crippen molar-refractivity contribution in [2.24, 2.45) is 11.3 Å². The van der Waals surface area contributed by atoms with E-state index in [1.807, 2.05) is 0 Å². The molecule has 0 bridgehead atoms. The molecule has 0 heterocycles. The van der Waals surface area contributed by atoms with Crippen LogP contribution in [0.25, 0.3) is 0 Å². The Balaban J connectivity index is 1.78. The van der Waals surface area contributed by atoms with E-state index in [1.165, 1.54) is 12.8 Å². The van der Waals surface area contributed by atoms with Gasteiger partial charge in [0.25, 0.3) is 0 Å². The maximum atomic E-state index is 13.1. The Labute approximate surface area is 121 Å². The van der Waals surface area contributed by atoms with Gasteiger partial charge in [0.1, 0.15) is 0 Å². The van der Waals surface area contributed by atoms with Crippen molar-refractivity contribution in [3.8, 4) is 0 Å². The van der Waals surface area contributed by atoms with Crippen LogP contribution in [-0.4, -0.2) is 23.7 Å². The largest absolute Gasteiger partial charge is 0.355 e. The third-order valence-corrected chi connectivity index (χ3v) is 5.86. The first-order valence-electron chi connectivity index (χ1n) is 7.18. The highest BCUT2D eigenvalue weighted by Gasteiger charge is 2.38. The third kappa shape index (κ3) is 3.89. The monoisotopic (exact) mass is 337 g/mol. The summed E-state index contributed by atoms with van der Waals surface area (Å²) in [5.74, 6) is -2.80. The molecular weight excluding hydrogens is 316 g/mol. The minimum absolute atomic E-state index is 0.0253. The van der Waals surface area contributed by atoms with Crippen molar-refractivity contribution in [1.29, 1.82) is 0 Å². The van der Waals surface area contributed by atoms with Crippen LogP contribution in [0.1, 0.15) is 51.4 Å². The zero-order valence-electron chi connectivity index (χ0n) is 11.2. The molecule has 0 saturated heterocycles. The lowest BCUT2D eigenvalue weighted by Gasteiger charge is -2.30. The van der Waals surface area contributed by atoms with Crippen LogP contribution in [0.2, 0.25) is 0 Å². The molecule has 0 spiro atoms. The highest BCUT2D eigenvalue weighted by molar-refractivity contribution is 9.09. The summed E-state index contributed by atoms with van der Waals surface area (Å²) >= 11 is 3.54. The van der Waals surface area contributed by atoms with Crippen molar-refractivity contribution in [2.75, 3.05) is 11.9 Å². The number of carbonyl (C=O) groups is 1. The summed E-state index contributed by atoms with van der Waals surface area (Å²) < 4.78 is 26.1. The van der Waals surface area contributed by atoms with Crippen molar-refractivity contribution < 1.29 is 13.6 Å². The van der Waals surface area contributed by atoms with Gasteiger partial charge in [-0.2, -0.15) is 0 Å². The molecule has 5 heteroatoms. The summed E-state index contributed by atoms with van der Waals surface area (Å²) in [4.78, 5) is 12.1. The number of amides is 1. The van der Waals surface area contributed by atoms with Crippen LogP contribution >= 0.6 is 15.9 Å². The quantitative estimate of drug-likeness (QED) is 0.775. The molecule has 1 amide bonds. The van der Waals surface area contributed by atoms with Crippen molar-refractivity contribution in [2.45, 2.75) is 57.3 Å². The van der Waals surface area contributed by atoms with Crippen LogP contribution in [0, 0.1) is 11.3 Å². The van der Waals surface area contributed by atoms with E-state index in [0.29, 0.717) is 19.4 Å². The second-order valence-corrected chi connectivity index (χ2v) is 6.75. The van der Waals surface area contributed by atoms with E-state index in [0.717, 1.165) is 18.2 Å². The summed E-state index contributed by atoms with van der Waals surface area (Å²) in [6, 6.07) is 0. The van der Waals surface area contributed by atoms with Gasteiger partial charge >= 0.3 is 0 Å². The zero-order chi connectivity index (χ0) is 13.9. The fraction of sp³-hybridized carbons (Fsp3) is 0.929. The minimum atomic E-state index is -2.56. The van der Waals surface area contributed by atoms with E-state index in [2.05, 4.69) is 21.2 Å². The molecule has 19 heavy (non-hydrogen) atoms. The Bertz CT molecular complexity index is 319. The van der Waals surface area contributed by atoms with Gasteiger partial charge in [-0.3, -0.25) is 4.79 Å². The predicted octanol–water partition coefficient (Wildman–Crippen LogP) is 3.88. The first-order chi connectivity index (χ1) is 8.96. The van der Waals surface area contributed by atoms with Gasteiger partial charge in [-0.15, -0.1) is 0 Å². The summed E-state index contributed by atoms with van der Waals surface area (Å²) in [6.07, 6.45) is 5.07. The normalized spacial score (nSPS) is 26.3. The summed E-state index contributed by atoms with van der Waals surface area (Å²) in [5, 5.41) is 3.91. The zero-order valence-corrected chi connectivity index (χ0v) is 12.8. The van der Waals surface area contributed by atoms with Crippen molar-refractivity contribution in [3.63, 3.8) is 0 Å². The molecule has 0 radical (unpaired) electrons. The molecule has 110 valence electrons. The first kappa shape index (κ1) is 15.2. The van der Waals surface area contributed by atoms with Gasteiger partial charge in [0.05, 0.1) is 0 Å². The van der Waals surface area contributed by atoms with Crippen molar-refractivity contribution in [1.82, 2.24) is 5.32 Å². The molecule has 2 saturated carbocycles. The Morgan fingerprint density at radius 1 is 1.16 bits per heavy atom. The molecule has 0 aromatic rings. The topological polar surface area (TPSA) is 29.1 Å². The van der Waals surface area contributed by atoms with Gasteiger partial charge in [-0.05, 0) is 31.1 Å². The Kier molecular flexibility index (Phi) is 4.85. The average Bonchev–Trinajstić information content (AvgIpc) is 2.85. The number of alkyl halides is 3. The van der Waals surface area contributed by atoms with Crippen LogP contribution in [0.5, 0.6) is 0 Å². The Morgan fingerprint density at radius 3 is 2.26 bits per heavy atom. The molecule has 0 aromatic heterocycles. The molecule has 2 nitrogen and oxygen atoms in total. The number of hydrogen-bond donors (Lipinski definition) is 1. The van der Waals surface area contributed by atoms with Crippen molar-refractivity contribution >= 4 is 21.8 Å². The van der Waals surface area contributed by atoms with Gasteiger partial charge in [-0.25, -0.2) is 8.78 Å². The predicted molar refractivity (Wildman–Crippen MR) is 74.6 cm³/mol. The highest BCUT2D eigenvalue weighted by Crippen LogP contribution is 2.39. The minimum Gasteiger partial charge on any atom is -0.355 e. The SMILES string of the molecule is O=C(NCC1(CBr)CCCC1)C1CCC(F)(F)CC1. The third-order valence-electron chi connectivity index (χ3n) is 4.67. The lowest BCUT2D eigenvalue weighted by molar-refractivity contribution is -0.129. The number of carbonyl (C=O) groups excluding carboxylic acids is 1. The Hall–Kier alpha value is -0.190. The molecule has 2 rings (SSSR count). The fourth-order valence-corrected chi connectivity index (χ4v) is 3.96. The average molecular weight is 338 g/mol. The van der Waals surface area contributed by atoms with Gasteiger partial charge in [0.2, 0.25) is 11.8 Å². The van der Waals surface area contributed by atoms with E-state index in [1.54, 1.807) is 0 Å². The second kappa shape index (κ2) is 6.06. The van der Waals surface area contributed by atoms with E-state index >= 15 is 0 Å². The van der Waals surface area contributed by atoms with E-state index in [4.69, 9.17) is 0 Å². The van der Waals surface area contributed by atoms with Crippen LogP contribution in [0.4, 0.5) is 8.78 Å². The Morgan fingerprint density at radius 2 is 1.74 bits per heavy atom. The lowest BCUT2D eigenvalue weighted by atomic mass is 9.85. The maximum Gasteiger partial charge on any atom is 0.248 e.